The van der Waals surface area contributed by atoms with E-state index in [1.165, 1.54) is 37.4 Å². The van der Waals surface area contributed by atoms with Gasteiger partial charge in [-0.3, -0.25) is 9.69 Å². The fourth-order valence-electron chi connectivity index (χ4n) is 2.88. The first-order valence-corrected chi connectivity index (χ1v) is 11.3. The molecule has 0 spiro atoms. The van der Waals surface area contributed by atoms with Crippen LogP contribution < -0.4 is 10.2 Å². The standard InChI is InChI=1S/C20H15Br2ClF4N4O2/c1-30-16(32)15(31(18(30)33)14-5-3-2-4-13(14)24)29-17(19(21,22)10-23)28-12-8-6-11(7-9-12)20(25,26)27/h2-9,17,28H,10H2,1H3. The van der Waals surface area contributed by atoms with E-state index in [1.807, 2.05) is 0 Å². The molecule has 0 aliphatic carbocycles. The highest BCUT2D eigenvalue weighted by molar-refractivity contribution is 9.25. The molecule has 0 bridgehead atoms. The van der Waals surface area contributed by atoms with Gasteiger partial charge in [0.1, 0.15) is 15.2 Å². The van der Waals surface area contributed by atoms with Crippen molar-refractivity contribution in [1.82, 2.24) is 4.90 Å². The van der Waals surface area contributed by atoms with Crippen molar-refractivity contribution in [3.05, 3.63) is 59.9 Å². The summed E-state index contributed by atoms with van der Waals surface area (Å²) in [6.07, 6.45) is -5.62. The van der Waals surface area contributed by atoms with Crippen molar-refractivity contribution >= 4 is 72.6 Å². The molecule has 0 saturated carbocycles. The summed E-state index contributed by atoms with van der Waals surface area (Å²) in [5, 5.41) is 2.88. The Bertz CT molecular complexity index is 1100. The van der Waals surface area contributed by atoms with E-state index in [4.69, 9.17) is 11.6 Å². The summed E-state index contributed by atoms with van der Waals surface area (Å²) in [5.41, 5.74) is -0.803. The first kappa shape index (κ1) is 25.4. The monoisotopic (exact) mass is 612 g/mol. The molecule has 1 heterocycles. The lowest BCUT2D eigenvalue weighted by Gasteiger charge is -2.28. The van der Waals surface area contributed by atoms with Crippen molar-refractivity contribution in [1.29, 1.82) is 0 Å². The Hall–Kier alpha value is -2.18. The predicted molar refractivity (Wildman–Crippen MR) is 125 cm³/mol. The van der Waals surface area contributed by atoms with E-state index in [2.05, 4.69) is 42.2 Å². The van der Waals surface area contributed by atoms with Crippen LogP contribution >= 0.6 is 43.5 Å². The van der Waals surface area contributed by atoms with Crippen LogP contribution in [0.3, 0.4) is 0 Å². The molecule has 0 aromatic heterocycles. The molecule has 6 nitrogen and oxygen atoms in total. The number of imide groups is 1. The Morgan fingerprint density at radius 3 is 2.24 bits per heavy atom. The summed E-state index contributed by atoms with van der Waals surface area (Å²) in [4.78, 5) is 31.3. The lowest BCUT2D eigenvalue weighted by Crippen LogP contribution is -2.41. The second kappa shape index (κ2) is 9.59. The van der Waals surface area contributed by atoms with Gasteiger partial charge in [-0.1, -0.05) is 44.0 Å². The second-order valence-corrected chi connectivity index (χ2v) is 11.1. The highest BCUT2D eigenvalue weighted by Gasteiger charge is 2.44. The van der Waals surface area contributed by atoms with Crippen LogP contribution in [0.25, 0.3) is 0 Å². The average Bonchev–Trinajstić information content (AvgIpc) is 2.97. The number of rotatable bonds is 6. The third kappa shape index (κ3) is 5.33. The van der Waals surface area contributed by atoms with Gasteiger partial charge in [-0.25, -0.2) is 19.1 Å². The maximum atomic E-state index is 14.4. The van der Waals surface area contributed by atoms with Crippen molar-refractivity contribution < 1.29 is 27.2 Å². The minimum atomic E-state index is -4.51. The minimum absolute atomic E-state index is 0.111. The third-order valence-electron chi connectivity index (χ3n) is 4.62. The smallest absolute Gasteiger partial charge is 0.362 e. The zero-order valence-corrected chi connectivity index (χ0v) is 20.6. The second-order valence-electron chi connectivity index (χ2n) is 6.90. The van der Waals surface area contributed by atoms with Gasteiger partial charge in [-0.05, 0) is 36.4 Å². The summed E-state index contributed by atoms with van der Waals surface area (Å²) >= 11 is 12.7. The van der Waals surface area contributed by atoms with E-state index in [-0.39, 0.29) is 17.3 Å². The van der Waals surface area contributed by atoms with Crippen LogP contribution in [0.2, 0.25) is 0 Å². The molecule has 1 aliphatic heterocycles. The number of benzene rings is 2. The zero-order chi connectivity index (χ0) is 24.6. The van der Waals surface area contributed by atoms with E-state index < -0.39 is 44.7 Å². The molecule has 1 unspecified atom stereocenters. The number of hydrogen-bond donors (Lipinski definition) is 1. The number of amides is 3. The molecule has 1 saturated heterocycles. The molecular weight excluding hydrogens is 599 g/mol. The van der Waals surface area contributed by atoms with Crippen molar-refractivity contribution in [3.8, 4) is 0 Å². The van der Waals surface area contributed by atoms with Crippen LogP contribution in [0, 0.1) is 5.82 Å². The summed E-state index contributed by atoms with van der Waals surface area (Å²) in [5.74, 6) is -2.06. The summed E-state index contributed by atoms with van der Waals surface area (Å²) < 4.78 is 51.8. The molecule has 2 aromatic carbocycles. The number of aliphatic imine (C=N–C) groups is 1. The Morgan fingerprint density at radius 2 is 1.70 bits per heavy atom. The summed E-state index contributed by atoms with van der Waals surface area (Å²) in [7, 11) is 1.22. The molecule has 13 heteroatoms. The van der Waals surface area contributed by atoms with Crippen molar-refractivity contribution in [3.63, 3.8) is 0 Å². The number of likely N-dealkylation sites (N-methyl/N-ethyl adjacent to an activating group) is 1. The van der Waals surface area contributed by atoms with Gasteiger partial charge < -0.3 is 5.32 Å². The van der Waals surface area contributed by atoms with Crippen molar-refractivity contribution in [2.75, 3.05) is 23.1 Å². The highest BCUT2D eigenvalue weighted by Crippen LogP contribution is 2.36. The van der Waals surface area contributed by atoms with E-state index in [0.29, 0.717) is 0 Å². The zero-order valence-electron chi connectivity index (χ0n) is 16.7. The SMILES string of the molecule is CN1C(=O)C(=NC(Nc2ccc(C(F)(F)F)cc2)C(Br)(Br)CCl)N(c2ccccc2F)C1=O. The van der Waals surface area contributed by atoms with E-state index in [9.17, 15) is 27.2 Å². The van der Waals surface area contributed by atoms with Gasteiger partial charge in [0, 0.05) is 12.7 Å². The number of halogens is 7. The average molecular weight is 615 g/mol. The number of urea groups is 1. The van der Waals surface area contributed by atoms with Crippen LogP contribution in [0.1, 0.15) is 5.56 Å². The molecule has 3 rings (SSSR count). The molecule has 3 amide bonds. The Kier molecular flexibility index (Phi) is 7.39. The molecule has 0 radical (unpaired) electrons. The van der Waals surface area contributed by atoms with Crippen molar-refractivity contribution in [2.24, 2.45) is 4.99 Å². The fraction of sp³-hybridized carbons (Fsp3) is 0.250. The number of hydrogen-bond acceptors (Lipinski definition) is 4. The van der Waals surface area contributed by atoms with E-state index in [1.54, 1.807) is 0 Å². The number of carbonyl (C=O) groups excluding carboxylic acids is 2. The van der Waals surface area contributed by atoms with Crippen LogP contribution in [-0.2, 0) is 11.0 Å². The van der Waals surface area contributed by atoms with Crippen LogP contribution in [0.15, 0.2) is 53.5 Å². The minimum Gasteiger partial charge on any atom is -0.362 e. The van der Waals surface area contributed by atoms with E-state index in [0.717, 1.165) is 28.0 Å². The van der Waals surface area contributed by atoms with Gasteiger partial charge in [0.15, 0.2) is 0 Å². The number of amidine groups is 1. The highest BCUT2D eigenvalue weighted by atomic mass is 79.9. The van der Waals surface area contributed by atoms with Gasteiger partial charge in [0.2, 0.25) is 5.84 Å². The van der Waals surface area contributed by atoms with Crippen molar-refractivity contribution in [2.45, 2.75) is 15.6 Å². The summed E-state index contributed by atoms with van der Waals surface area (Å²) in [6, 6.07) is 8.64. The quantitative estimate of drug-likeness (QED) is 0.254. The first-order valence-electron chi connectivity index (χ1n) is 9.19. The van der Waals surface area contributed by atoms with Gasteiger partial charge in [0.05, 0.1) is 17.1 Å². The van der Waals surface area contributed by atoms with Gasteiger partial charge >= 0.3 is 12.2 Å². The molecule has 176 valence electrons. The Labute approximate surface area is 207 Å². The molecular formula is C20H15Br2ClF4N4O2. The number of nitrogens with one attached hydrogen (secondary N) is 1. The molecule has 1 aliphatic rings. The van der Waals surface area contributed by atoms with Crippen LogP contribution in [0.4, 0.5) is 33.7 Å². The maximum Gasteiger partial charge on any atom is 0.416 e. The number of anilines is 2. The van der Waals surface area contributed by atoms with Gasteiger partial charge in [0.25, 0.3) is 5.91 Å². The number of para-hydroxylation sites is 1. The number of alkyl halides is 6. The first-order chi connectivity index (χ1) is 15.4. The fourth-order valence-corrected chi connectivity index (χ4v) is 3.46. The van der Waals surface area contributed by atoms with Gasteiger partial charge in [-0.15, -0.1) is 11.6 Å². The largest absolute Gasteiger partial charge is 0.416 e. The van der Waals surface area contributed by atoms with Crippen LogP contribution in [0.5, 0.6) is 0 Å². The Balaban J connectivity index is 2.05. The molecule has 1 N–H and O–H groups in total. The lowest BCUT2D eigenvalue weighted by molar-refractivity contribution is -0.137. The van der Waals surface area contributed by atoms with Gasteiger partial charge in [-0.2, -0.15) is 13.2 Å². The summed E-state index contributed by atoms with van der Waals surface area (Å²) in [6.45, 7) is 0. The third-order valence-corrected chi connectivity index (χ3v) is 7.12. The number of carbonyl (C=O) groups is 2. The normalized spacial score (nSPS) is 17.2. The van der Waals surface area contributed by atoms with E-state index >= 15 is 0 Å². The molecule has 1 atom stereocenters. The maximum absolute atomic E-state index is 14.4. The Morgan fingerprint density at radius 1 is 1.09 bits per heavy atom. The molecule has 2 aromatic rings. The molecule has 33 heavy (non-hydrogen) atoms. The predicted octanol–water partition coefficient (Wildman–Crippen LogP) is 5.80. The molecule has 1 fully saturated rings. The lowest BCUT2D eigenvalue weighted by atomic mass is 10.2. The number of nitrogens with zero attached hydrogens (tertiary/aromatic N) is 3. The van der Waals surface area contributed by atoms with Crippen LogP contribution in [-0.4, -0.2) is 45.0 Å². The topological polar surface area (TPSA) is 65.0 Å².